The Morgan fingerprint density at radius 3 is 2.81 bits per heavy atom. The molecule has 0 aliphatic heterocycles. The molecule has 0 radical (unpaired) electrons. The van der Waals surface area contributed by atoms with Gasteiger partial charge in [-0.1, -0.05) is 22.0 Å². The number of hydrogen-bond acceptors (Lipinski definition) is 4. The SMILES string of the molecule is CCOC(=O)c1cc(Nc2cccc(Br)c2C)ccc1N. The molecule has 2 aromatic rings. The third-order valence-electron chi connectivity index (χ3n) is 3.10. The molecule has 0 saturated heterocycles. The second kappa shape index (κ2) is 6.63. The van der Waals surface area contributed by atoms with Gasteiger partial charge in [0.25, 0.3) is 0 Å². The molecule has 2 rings (SSSR count). The Balaban J connectivity index is 2.31. The van der Waals surface area contributed by atoms with Crippen LogP contribution in [-0.2, 0) is 4.74 Å². The molecule has 0 aromatic heterocycles. The van der Waals surface area contributed by atoms with Crippen molar-refractivity contribution in [3.8, 4) is 0 Å². The highest BCUT2D eigenvalue weighted by molar-refractivity contribution is 9.10. The van der Waals surface area contributed by atoms with E-state index in [0.29, 0.717) is 17.9 Å². The van der Waals surface area contributed by atoms with Gasteiger partial charge in [0.15, 0.2) is 0 Å². The van der Waals surface area contributed by atoms with Gasteiger partial charge >= 0.3 is 5.97 Å². The van der Waals surface area contributed by atoms with E-state index >= 15 is 0 Å². The quantitative estimate of drug-likeness (QED) is 0.639. The number of benzene rings is 2. The van der Waals surface area contributed by atoms with Gasteiger partial charge in [-0.15, -0.1) is 0 Å². The second-order valence-electron chi connectivity index (χ2n) is 4.56. The number of ether oxygens (including phenoxy) is 1. The minimum Gasteiger partial charge on any atom is -0.462 e. The Morgan fingerprint density at radius 2 is 2.10 bits per heavy atom. The summed E-state index contributed by atoms with van der Waals surface area (Å²) in [7, 11) is 0. The van der Waals surface area contributed by atoms with Gasteiger partial charge in [0.1, 0.15) is 0 Å². The highest BCUT2D eigenvalue weighted by Crippen LogP contribution is 2.28. The Hall–Kier alpha value is -2.01. The lowest BCUT2D eigenvalue weighted by Crippen LogP contribution is -2.08. The molecule has 0 unspecified atom stereocenters. The molecule has 110 valence electrons. The molecule has 0 atom stereocenters. The summed E-state index contributed by atoms with van der Waals surface area (Å²) < 4.78 is 6.02. The maximum Gasteiger partial charge on any atom is 0.340 e. The van der Waals surface area contributed by atoms with Crippen molar-refractivity contribution >= 4 is 39.0 Å². The molecular formula is C16H17BrN2O2. The first-order valence-electron chi connectivity index (χ1n) is 6.61. The molecule has 0 amide bonds. The second-order valence-corrected chi connectivity index (χ2v) is 5.41. The summed E-state index contributed by atoms with van der Waals surface area (Å²) in [5, 5.41) is 3.28. The van der Waals surface area contributed by atoms with Crippen LogP contribution in [0.15, 0.2) is 40.9 Å². The minimum absolute atomic E-state index is 0.320. The molecule has 4 nitrogen and oxygen atoms in total. The van der Waals surface area contributed by atoms with Crippen LogP contribution in [0.25, 0.3) is 0 Å². The molecule has 0 aliphatic carbocycles. The van der Waals surface area contributed by atoms with E-state index in [0.717, 1.165) is 21.4 Å². The Bertz CT molecular complexity index is 671. The van der Waals surface area contributed by atoms with Crippen molar-refractivity contribution in [2.24, 2.45) is 0 Å². The van der Waals surface area contributed by atoms with Crippen LogP contribution in [0.2, 0.25) is 0 Å². The predicted molar refractivity (Wildman–Crippen MR) is 89.0 cm³/mol. The first-order valence-corrected chi connectivity index (χ1v) is 7.41. The fraction of sp³-hybridized carbons (Fsp3) is 0.188. The maximum absolute atomic E-state index is 11.9. The van der Waals surface area contributed by atoms with Crippen LogP contribution in [0.3, 0.4) is 0 Å². The highest BCUT2D eigenvalue weighted by atomic mass is 79.9. The molecule has 0 bridgehead atoms. The minimum atomic E-state index is -0.412. The maximum atomic E-state index is 11.9. The van der Waals surface area contributed by atoms with Crippen LogP contribution in [0.5, 0.6) is 0 Å². The van der Waals surface area contributed by atoms with Gasteiger partial charge in [0.2, 0.25) is 0 Å². The summed E-state index contributed by atoms with van der Waals surface area (Å²) in [4.78, 5) is 11.9. The summed E-state index contributed by atoms with van der Waals surface area (Å²) in [5.41, 5.74) is 9.45. The number of carbonyl (C=O) groups excluding carboxylic acids is 1. The van der Waals surface area contributed by atoms with Gasteiger partial charge in [-0.25, -0.2) is 4.79 Å². The van der Waals surface area contributed by atoms with Gasteiger partial charge in [-0.2, -0.15) is 0 Å². The third-order valence-corrected chi connectivity index (χ3v) is 3.95. The molecule has 3 N–H and O–H groups in total. The van der Waals surface area contributed by atoms with Crippen molar-refractivity contribution in [3.63, 3.8) is 0 Å². The lowest BCUT2D eigenvalue weighted by molar-refractivity contribution is 0.0527. The zero-order valence-corrected chi connectivity index (χ0v) is 13.5. The first kappa shape index (κ1) is 15.4. The molecule has 0 aliphatic rings. The van der Waals surface area contributed by atoms with Crippen molar-refractivity contribution in [3.05, 3.63) is 52.0 Å². The lowest BCUT2D eigenvalue weighted by Gasteiger charge is -2.13. The van der Waals surface area contributed by atoms with Crippen molar-refractivity contribution in [1.82, 2.24) is 0 Å². The van der Waals surface area contributed by atoms with Gasteiger partial charge in [0.05, 0.1) is 12.2 Å². The van der Waals surface area contributed by atoms with E-state index in [1.807, 2.05) is 31.2 Å². The lowest BCUT2D eigenvalue weighted by atomic mass is 10.1. The number of carbonyl (C=O) groups is 1. The molecule has 0 saturated carbocycles. The number of halogens is 1. The Kier molecular flexibility index (Phi) is 4.85. The molecular weight excluding hydrogens is 332 g/mol. The number of nitrogens with two attached hydrogens (primary N) is 1. The zero-order valence-electron chi connectivity index (χ0n) is 11.9. The zero-order chi connectivity index (χ0) is 15.4. The molecule has 5 heteroatoms. The van der Waals surface area contributed by atoms with Crippen LogP contribution < -0.4 is 11.1 Å². The molecule has 0 heterocycles. The summed E-state index contributed by atoms with van der Waals surface area (Å²) >= 11 is 3.50. The number of rotatable bonds is 4. The summed E-state index contributed by atoms with van der Waals surface area (Å²) in [6.07, 6.45) is 0. The predicted octanol–water partition coefficient (Wildman–Crippen LogP) is 4.26. The van der Waals surface area contributed by atoms with Crippen molar-refractivity contribution in [2.75, 3.05) is 17.7 Å². The van der Waals surface area contributed by atoms with E-state index in [2.05, 4.69) is 21.2 Å². The van der Waals surface area contributed by atoms with E-state index in [9.17, 15) is 4.79 Å². The number of nitrogen functional groups attached to an aromatic ring is 1. The smallest absolute Gasteiger partial charge is 0.340 e. The van der Waals surface area contributed by atoms with E-state index in [1.165, 1.54) is 0 Å². The van der Waals surface area contributed by atoms with E-state index in [-0.39, 0.29) is 0 Å². The molecule has 21 heavy (non-hydrogen) atoms. The summed E-state index contributed by atoms with van der Waals surface area (Å²) in [6, 6.07) is 11.1. The van der Waals surface area contributed by atoms with Gasteiger partial charge < -0.3 is 15.8 Å². The number of nitrogens with one attached hydrogen (secondary N) is 1. The Morgan fingerprint density at radius 1 is 1.33 bits per heavy atom. The monoisotopic (exact) mass is 348 g/mol. The number of esters is 1. The van der Waals surface area contributed by atoms with Crippen molar-refractivity contribution < 1.29 is 9.53 Å². The average molecular weight is 349 g/mol. The van der Waals surface area contributed by atoms with Gasteiger partial charge in [-0.3, -0.25) is 0 Å². The van der Waals surface area contributed by atoms with Crippen LogP contribution >= 0.6 is 15.9 Å². The van der Waals surface area contributed by atoms with Crippen LogP contribution in [0.1, 0.15) is 22.8 Å². The van der Waals surface area contributed by atoms with Crippen molar-refractivity contribution in [2.45, 2.75) is 13.8 Å². The molecule has 2 aromatic carbocycles. The largest absolute Gasteiger partial charge is 0.462 e. The summed E-state index contributed by atoms with van der Waals surface area (Å²) in [5.74, 6) is -0.412. The topological polar surface area (TPSA) is 64.3 Å². The number of hydrogen-bond donors (Lipinski definition) is 2. The summed E-state index contributed by atoms with van der Waals surface area (Å²) in [6.45, 7) is 4.09. The standard InChI is InChI=1S/C16H17BrN2O2/c1-3-21-16(20)12-9-11(7-8-14(12)18)19-15-6-4-5-13(17)10(15)2/h4-9,19H,3,18H2,1-2H3. The van der Waals surface area contributed by atoms with E-state index in [1.54, 1.807) is 19.1 Å². The Labute approximate surface area is 132 Å². The fourth-order valence-electron chi connectivity index (χ4n) is 1.92. The van der Waals surface area contributed by atoms with E-state index < -0.39 is 5.97 Å². The van der Waals surface area contributed by atoms with Gasteiger partial charge in [-0.05, 0) is 49.7 Å². The molecule has 0 fully saturated rings. The van der Waals surface area contributed by atoms with E-state index in [4.69, 9.17) is 10.5 Å². The van der Waals surface area contributed by atoms with Crippen LogP contribution in [0, 0.1) is 6.92 Å². The number of anilines is 3. The average Bonchev–Trinajstić information content (AvgIpc) is 2.46. The van der Waals surface area contributed by atoms with Gasteiger partial charge in [0, 0.05) is 21.5 Å². The van der Waals surface area contributed by atoms with Crippen LogP contribution in [0.4, 0.5) is 17.1 Å². The normalized spacial score (nSPS) is 10.2. The third kappa shape index (κ3) is 3.55. The van der Waals surface area contributed by atoms with Crippen LogP contribution in [-0.4, -0.2) is 12.6 Å². The first-order chi connectivity index (χ1) is 10.0. The highest BCUT2D eigenvalue weighted by Gasteiger charge is 2.12. The van der Waals surface area contributed by atoms with Crippen molar-refractivity contribution in [1.29, 1.82) is 0 Å². The molecule has 0 spiro atoms. The fourth-order valence-corrected chi connectivity index (χ4v) is 2.28.